The molecule has 6 heteroatoms. The molecule has 0 unspecified atom stereocenters. The molecule has 0 aliphatic rings. The Bertz CT molecular complexity index is 619. The fourth-order valence-electron chi connectivity index (χ4n) is 1.30. The van der Waals surface area contributed by atoms with Gasteiger partial charge in [0, 0.05) is 12.4 Å². The molecule has 2 heterocycles. The highest BCUT2D eigenvalue weighted by molar-refractivity contribution is 7.85. The van der Waals surface area contributed by atoms with Gasteiger partial charge < -0.3 is 0 Å². The lowest BCUT2D eigenvalue weighted by Gasteiger charge is -2.01. The standard InChI is InChI=1S/C11H10N2O3S/c1-8-2-4-10(12-6-8)11-5-3-9(7-13-11)17(14,15)16/h2-7H,1H3,(H,14,15,16). The molecule has 0 spiro atoms. The lowest BCUT2D eigenvalue weighted by atomic mass is 10.2. The molecule has 0 saturated carbocycles. The number of rotatable bonds is 2. The second-order valence-electron chi connectivity index (χ2n) is 3.57. The topological polar surface area (TPSA) is 80.2 Å². The molecule has 0 amide bonds. The fourth-order valence-corrected chi connectivity index (χ4v) is 1.73. The number of aryl methyl sites for hydroxylation is 1. The first kappa shape index (κ1) is 11.7. The molecule has 5 nitrogen and oxygen atoms in total. The first-order valence-electron chi connectivity index (χ1n) is 4.83. The number of hydrogen-bond donors (Lipinski definition) is 1. The monoisotopic (exact) mass is 250 g/mol. The van der Waals surface area contributed by atoms with Crippen molar-refractivity contribution in [2.45, 2.75) is 11.8 Å². The van der Waals surface area contributed by atoms with E-state index >= 15 is 0 Å². The van der Waals surface area contributed by atoms with E-state index in [4.69, 9.17) is 4.55 Å². The second-order valence-corrected chi connectivity index (χ2v) is 5.00. The van der Waals surface area contributed by atoms with Crippen molar-refractivity contribution in [3.05, 3.63) is 42.2 Å². The van der Waals surface area contributed by atoms with Crippen molar-refractivity contribution in [2.24, 2.45) is 0 Å². The molecule has 88 valence electrons. The van der Waals surface area contributed by atoms with Gasteiger partial charge in [-0.05, 0) is 30.7 Å². The van der Waals surface area contributed by atoms with E-state index in [1.807, 2.05) is 13.0 Å². The molecule has 2 rings (SSSR count). The highest BCUT2D eigenvalue weighted by atomic mass is 32.2. The Morgan fingerprint density at radius 3 is 2.00 bits per heavy atom. The van der Waals surface area contributed by atoms with Crippen LogP contribution in [0.25, 0.3) is 11.4 Å². The van der Waals surface area contributed by atoms with Crippen molar-refractivity contribution in [3.8, 4) is 11.4 Å². The van der Waals surface area contributed by atoms with Crippen LogP contribution in [0.1, 0.15) is 5.56 Å². The normalized spacial score (nSPS) is 11.4. The average Bonchev–Trinajstić information content (AvgIpc) is 2.29. The molecule has 0 atom stereocenters. The smallest absolute Gasteiger partial charge is 0.282 e. The molecule has 0 aliphatic heterocycles. The highest BCUT2D eigenvalue weighted by Crippen LogP contribution is 2.16. The summed E-state index contributed by atoms with van der Waals surface area (Å²) in [5.41, 5.74) is 2.23. The Balaban J connectivity index is 2.39. The molecule has 0 aliphatic carbocycles. The molecule has 0 bridgehead atoms. The summed E-state index contributed by atoms with van der Waals surface area (Å²) in [7, 11) is -4.19. The molecular formula is C11H10N2O3S. The largest absolute Gasteiger partial charge is 0.296 e. The van der Waals surface area contributed by atoms with Crippen LogP contribution in [0.2, 0.25) is 0 Å². The number of aromatic nitrogens is 2. The maximum atomic E-state index is 10.8. The summed E-state index contributed by atoms with van der Waals surface area (Å²) in [6, 6.07) is 6.48. The van der Waals surface area contributed by atoms with E-state index in [2.05, 4.69) is 9.97 Å². The van der Waals surface area contributed by atoms with Crippen LogP contribution in [0.15, 0.2) is 41.6 Å². The van der Waals surface area contributed by atoms with Crippen LogP contribution in [0.3, 0.4) is 0 Å². The number of pyridine rings is 2. The average molecular weight is 250 g/mol. The van der Waals surface area contributed by atoms with Crippen LogP contribution in [0.5, 0.6) is 0 Å². The molecule has 0 fully saturated rings. The van der Waals surface area contributed by atoms with Crippen LogP contribution < -0.4 is 0 Å². The summed E-state index contributed by atoms with van der Waals surface area (Å²) >= 11 is 0. The molecule has 2 aromatic heterocycles. The van der Waals surface area contributed by atoms with Gasteiger partial charge in [-0.2, -0.15) is 8.42 Å². The lowest BCUT2D eigenvalue weighted by molar-refractivity contribution is 0.483. The summed E-state index contributed by atoms with van der Waals surface area (Å²) in [5.74, 6) is 0. The minimum atomic E-state index is -4.19. The van der Waals surface area contributed by atoms with Gasteiger partial charge in [-0.3, -0.25) is 14.5 Å². The Kier molecular flexibility index (Phi) is 2.91. The SMILES string of the molecule is Cc1ccc(-c2ccc(S(=O)(=O)O)cn2)nc1. The molecule has 0 radical (unpaired) electrons. The zero-order valence-electron chi connectivity index (χ0n) is 9.03. The van der Waals surface area contributed by atoms with Gasteiger partial charge in [-0.1, -0.05) is 6.07 Å². The maximum absolute atomic E-state index is 10.8. The van der Waals surface area contributed by atoms with Gasteiger partial charge >= 0.3 is 0 Å². The third-order valence-corrected chi connectivity index (χ3v) is 3.05. The van der Waals surface area contributed by atoms with Crippen LogP contribution in [0, 0.1) is 6.92 Å². The third kappa shape index (κ3) is 2.66. The zero-order valence-corrected chi connectivity index (χ0v) is 9.85. The van der Waals surface area contributed by atoms with E-state index in [9.17, 15) is 8.42 Å². The predicted molar refractivity (Wildman–Crippen MR) is 62.0 cm³/mol. The summed E-state index contributed by atoms with van der Waals surface area (Å²) in [5, 5.41) is 0. The van der Waals surface area contributed by atoms with Crippen molar-refractivity contribution in [1.29, 1.82) is 0 Å². The quantitative estimate of drug-likeness (QED) is 0.820. The maximum Gasteiger partial charge on any atom is 0.296 e. The van der Waals surface area contributed by atoms with Crippen molar-refractivity contribution >= 4 is 10.1 Å². The predicted octanol–water partition coefficient (Wildman–Crippen LogP) is 1.70. The van der Waals surface area contributed by atoms with Crippen molar-refractivity contribution in [1.82, 2.24) is 9.97 Å². The number of nitrogens with zero attached hydrogens (tertiary/aromatic N) is 2. The Morgan fingerprint density at radius 2 is 1.59 bits per heavy atom. The van der Waals surface area contributed by atoms with E-state index in [1.54, 1.807) is 12.3 Å². The number of hydrogen-bond acceptors (Lipinski definition) is 4. The first-order chi connectivity index (χ1) is 7.97. The molecular weight excluding hydrogens is 240 g/mol. The van der Waals surface area contributed by atoms with Crippen molar-refractivity contribution < 1.29 is 13.0 Å². The second kappa shape index (κ2) is 4.23. The summed E-state index contributed by atoms with van der Waals surface area (Å²) in [6.45, 7) is 1.92. The minimum Gasteiger partial charge on any atom is -0.282 e. The highest BCUT2D eigenvalue weighted by Gasteiger charge is 2.10. The zero-order chi connectivity index (χ0) is 12.5. The van der Waals surface area contributed by atoms with E-state index in [0.29, 0.717) is 11.4 Å². The minimum absolute atomic E-state index is 0.228. The molecule has 1 N–H and O–H groups in total. The van der Waals surface area contributed by atoms with Gasteiger partial charge in [-0.15, -0.1) is 0 Å². The Hall–Kier alpha value is -1.79. The Labute approximate surface area is 98.9 Å². The molecule has 0 aromatic carbocycles. The van der Waals surface area contributed by atoms with Gasteiger partial charge in [0.25, 0.3) is 10.1 Å². The van der Waals surface area contributed by atoms with Gasteiger partial charge in [0.15, 0.2) is 0 Å². The Morgan fingerprint density at radius 1 is 1.00 bits per heavy atom. The van der Waals surface area contributed by atoms with Gasteiger partial charge in [-0.25, -0.2) is 0 Å². The third-order valence-electron chi connectivity index (χ3n) is 2.21. The summed E-state index contributed by atoms with van der Waals surface area (Å²) in [4.78, 5) is 7.88. The van der Waals surface area contributed by atoms with Gasteiger partial charge in [0.2, 0.25) is 0 Å². The summed E-state index contributed by atoms with van der Waals surface area (Å²) in [6.07, 6.45) is 2.81. The fraction of sp³-hybridized carbons (Fsp3) is 0.0909. The van der Waals surface area contributed by atoms with Crippen LogP contribution in [0.4, 0.5) is 0 Å². The van der Waals surface area contributed by atoms with E-state index in [1.165, 1.54) is 12.1 Å². The summed E-state index contributed by atoms with van der Waals surface area (Å²) < 4.78 is 30.5. The van der Waals surface area contributed by atoms with E-state index < -0.39 is 10.1 Å². The lowest BCUT2D eigenvalue weighted by Crippen LogP contribution is -1.99. The van der Waals surface area contributed by atoms with E-state index in [0.717, 1.165) is 11.8 Å². The molecule has 17 heavy (non-hydrogen) atoms. The molecule has 0 saturated heterocycles. The van der Waals surface area contributed by atoms with Crippen LogP contribution in [-0.2, 0) is 10.1 Å². The van der Waals surface area contributed by atoms with Gasteiger partial charge in [0.1, 0.15) is 4.90 Å². The van der Waals surface area contributed by atoms with Gasteiger partial charge in [0.05, 0.1) is 11.4 Å². The van der Waals surface area contributed by atoms with Crippen molar-refractivity contribution in [3.63, 3.8) is 0 Å². The van der Waals surface area contributed by atoms with Crippen LogP contribution >= 0.6 is 0 Å². The van der Waals surface area contributed by atoms with E-state index in [-0.39, 0.29) is 4.90 Å². The first-order valence-corrected chi connectivity index (χ1v) is 6.27. The van der Waals surface area contributed by atoms with Crippen molar-refractivity contribution in [2.75, 3.05) is 0 Å². The van der Waals surface area contributed by atoms with Crippen LogP contribution in [-0.4, -0.2) is 22.9 Å². The molecule has 2 aromatic rings.